The summed E-state index contributed by atoms with van der Waals surface area (Å²) in [6.45, 7) is 0. The Kier molecular flexibility index (Phi) is 4.04. The van der Waals surface area contributed by atoms with Gasteiger partial charge in [0.25, 0.3) is 5.91 Å². The summed E-state index contributed by atoms with van der Waals surface area (Å²) < 4.78 is 0. The predicted molar refractivity (Wildman–Crippen MR) is 73.6 cm³/mol. The van der Waals surface area contributed by atoms with Crippen molar-refractivity contribution in [2.24, 2.45) is 5.73 Å². The van der Waals surface area contributed by atoms with E-state index in [1.807, 2.05) is 0 Å². The maximum atomic E-state index is 12.1. The molecule has 1 aliphatic carbocycles. The van der Waals surface area contributed by atoms with Crippen LogP contribution in [0.4, 0.5) is 5.13 Å². The van der Waals surface area contributed by atoms with Crippen molar-refractivity contribution in [1.29, 1.82) is 0 Å². The Morgan fingerprint density at radius 1 is 1.26 bits per heavy atom. The maximum absolute atomic E-state index is 12.1. The SMILES string of the molecule is NC(=O)C1(NC(=O)c2csc(N)n2)CCCCCC1. The van der Waals surface area contributed by atoms with Gasteiger partial charge < -0.3 is 16.8 Å². The molecule has 0 unspecified atom stereocenters. The highest BCUT2D eigenvalue weighted by molar-refractivity contribution is 7.13. The van der Waals surface area contributed by atoms with Gasteiger partial charge in [0.05, 0.1) is 0 Å². The zero-order chi connectivity index (χ0) is 13.9. The second kappa shape index (κ2) is 5.56. The van der Waals surface area contributed by atoms with E-state index in [0.717, 1.165) is 25.7 Å². The number of amides is 2. The molecule has 1 heterocycles. The fourth-order valence-corrected chi connectivity index (χ4v) is 2.98. The number of nitrogen functional groups attached to an aromatic ring is 1. The molecule has 2 rings (SSSR count). The smallest absolute Gasteiger partial charge is 0.271 e. The minimum atomic E-state index is -0.939. The normalized spacial score (nSPS) is 18.5. The van der Waals surface area contributed by atoms with Gasteiger partial charge in [-0.15, -0.1) is 11.3 Å². The summed E-state index contributed by atoms with van der Waals surface area (Å²) in [6, 6.07) is 0. The first-order chi connectivity index (χ1) is 9.03. The predicted octanol–water partition coefficient (Wildman–Crippen LogP) is 1.03. The number of primary amides is 1. The third-order valence-electron chi connectivity index (χ3n) is 3.54. The van der Waals surface area contributed by atoms with Crippen LogP contribution in [-0.2, 0) is 4.79 Å². The van der Waals surface area contributed by atoms with Gasteiger partial charge in [0, 0.05) is 5.38 Å². The molecule has 0 atom stereocenters. The van der Waals surface area contributed by atoms with Crippen molar-refractivity contribution in [3.63, 3.8) is 0 Å². The van der Waals surface area contributed by atoms with Crippen LogP contribution in [0.3, 0.4) is 0 Å². The molecule has 7 heteroatoms. The van der Waals surface area contributed by atoms with E-state index in [4.69, 9.17) is 11.5 Å². The fraction of sp³-hybridized carbons (Fsp3) is 0.583. The number of aromatic nitrogens is 1. The number of carbonyl (C=O) groups is 2. The Labute approximate surface area is 115 Å². The number of nitrogens with zero attached hydrogens (tertiary/aromatic N) is 1. The second-order valence-electron chi connectivity index (χ2n) is 4.89. The molecule has 1 saturated carbocycles. The van der Waals surface area contributed by atoms with Crippen LogP contribution in [-0.4, -0.2) is 22.3 Å². The summed E-state index contributed by atoms with van der Waals surface area (Å²) in [4.78, 5) is 27.8. The number of rotatable bonds is 3. The molecule has 0 aromatic carbocycles. The van der Waals surface area contributed by atoms with Crippen molar-refractivity contribution in [1.82, 2.24) is 10.3 Å². The molecule has 104 valence electrons. The van der Waals surface area contributed by atoms with Gasteiger partial charge in [0.2, 0.25) is 5.91 Å². The van der Waals surface area contributed by atoms with E-state index < -0.39 is 11.4 Å². The second-order valence-corrected chi connectivity index (χ2v) is 5.78. The van der Waals surface area contributed by atoms with Gasteiger partial charge in [-0.3, -0.25) is 9.59 Å². The lowest BCUT2D eigenvalue weighted by Gasteiger charge is -2.30. The van der Waals surface area contributed by atoms with Gasteiger partial charge in [0.1, 0.15) is 11.2 Å². The molecule has 0 bridgehead atoms. The monoisotopic (exact) mass is 282 g/mol. The first-order valence-corrected chi connectivity index (χ1v) is 7.25. The van der Waals surface area contributed by atoms with Gasteiger partial charge in [0.15, 0.2) is 5.13 Å². The van der Waals surface area contributed by atoms with E-state index in [1.54, 1.807) is 5.38 Å². The molecule has 1 aromatic heterocycles. The molecule has 6 nitrogen and oxygen atoms in total. The maximum Gasteiger partial charge on any atom is 0.271 e. The highest BCUT2D eigenvalue weighted by Crippen LogP contribution is 2.27. The van der Waals surface area contributed by atoms with Gasteiger partial charge in [-0.1, -0.05) is 25.7 Å². The van der Waals surface area contributed by atoms with E-state index in [1.165, 1.54) is 11.3 Å². The Morgan fingerprint density at radius 3 is 2.37 bits per heavy atom. The molecule has 1 aromatic rings. The van der Waals surface area contributed by atoms with Gasteiger partial charge in [-0.25, -0.2) is 4.98 Å². The minimum absolute atomic E-state index is 0.243. The van der Waals surface area contributed by atoms with Gasteiger partial charge in [-0.2, -0.15) is 0 Å². The molecule has 0 aliphatic heterocycles. The molecule has 0 spiro atoms. The number of nitrogens with two attached hydrogens (primary N) is 2. The Hall–Kier alpha value is -1.63. The molecule has 1 fully saturated rings. The standard InChI is InChI=1S/C12H18N4O2S/c13-10(18)12(5-3-1-2-4-6-12)16-9(17)8-7-19-11(14)15-8/h7H,1-6H2,(H2,13,18)(H2,14,15)(H,16,17). The van der Waals surface area contributed by atoms with Gasteiger partial charge in [-0.05, 0) is 12.8 Å². The Balaban J connectivity index is 2.16. The molecule has 19 heavy (non-hydrogen) atoms. The quantitative estimate of drug-likeness (QED) is 0.719. The molecular weight excluding hydrogens is 264 g/mol. The molecular formula is C12H18N4O2S. The summed E-state index contributed by atoms with van der Waals surface area (Å²) >= 11 is 1.20. The lowest BCUT2D eigenvalue weighted by molar-refractivity contribution is -0.124. The number of anilines is 1. The van der Waals surface area contributed by atoms with Crippen molar-refractivity contribution in [2.45, 2.75) is 44.1 Å². The average Bonchev–Trinajstić information content (AvgIpc) is 2.65. The van der Waals surface area contributed by atoms with Crippen LogP contribution in [0.1, 0.15) is 49.0 Å². The first-order valence-electron chi connectivity index (χ1n) is 6.37. The van der Waals surface area contributed by atoms with Crippen molar-refractivity contribution < 1.29 is 9.59 Å². The zero-order valence-electron chi connectivity index (χ0n) is 10.6. The average molecular weight is 282 g/mol. The number of hydrogen-bond donors (Lipinski definition) is 3. The van der Waals surface area contributed by atoms with E-state index in [-0.39, 0.29) is 11.6 Å². The highest BCUT2D eigenvalue weighted by Gasteiger charge is 2.38. The van der Waals surface area contributed by atoms with Crippen molar-refractivity contribution in [2.75, 3.05) is 5.73 Å². The first kappa shape index (κ1) is 13.8. The summed E-state index contributed by atoms with van der Waals surface area (Å²) in [5.41, 5.74) is 10.3. The highest BCUT2D eigenvalue weighted by atomic mass is 32.1. The van der Waals surface area contributed by atoms with Crippen molar-refractivity contribution in [3.05, 3.63) is 11.1 Å². The third-order valence-corrected chi connectivity index (χ3v) is 4.21. The fourth-order valence-electron chi connectivity index (χ4n) is 2.44. The molecule has 0 saturated heterocycles. The summed E-state index contributed by atoms with van der Waals surface area (Å²) in [6.07, 6.45) is 5.09. The van der Waals surface area contributed by atoms with Crippen LogP contribution in [0.25, 0.3) is 0 Å². The lowest BCUT2D eigenvalue weighted by atomic mass is 9.89. The van der Waals surface area contributed by atoms with Crippen LogP contribution in [0.5, 0.6) is 0 Å². The number of thiazole rings is 1. The Morgan fingerprint density at radius 2 is 1.89 bits per heavy atom. The van der Waals surface area contributed by atoms with E-state index >= 15 is 0 Å². The Bertz CT molecular complexity index is 478. The van der Waals surface area contributed by atoms with Crippen LogP contribution >= 0.6 is 11.3 Å². The van der Waals surface area contributed by atoms with Crippen molar-refractivity contribution in [3.8, 4) is 0 Å². The molecule has 5 N–H and O–H groups in total. The minimum Gasteiger partial charge on any atom is -0.375 e. The molecule has 0 radical (unpaired) electrons. The van der Waals surface area contributed by atoms with Crippen LogP contribution < -0.4 is 16.8 Å². The third kappa shape index (κ3) is 3.04. The summed E-state index contributed by atoms with van der Waals surface area (Å²) in [7, 11) is 0. The van der Waals surface area contributed by atoms with E-state index in [9.17, 15) is 9.59 Å². The lowest BCUT2D eigenvalue weighted by Crippen LogP contribution is -2.57. The number of nitrogens with one attached hydrogen (secondary N) is 1. The molecule has 2 amide bonds. The summed E-state index contributed by atoms with van der Waals surface area (Å²) in [5.74, 6) is -0.848. The number of carbonyl (C=O) groups excluding carboxylic acids is 2. The van der Waals surface area contributed by atoms with Gasteiger partial charge >= 0.3 is 0 Å². The van der Waals surface area contributed by atoms with E-state index in [0.29, 0.717) is 18.0 Å². The largest absolute Gasteiger partial charge is 0.375 e. The van der Waals surface area contributed by atoms with Crippen molar-refractivity contribution >= 4 is 28.3 Å². The van der Waals surface area contributed by atoms with Crippen LogP contribution in [0, 0.1) is 0 Å². The summed E-state index contributed by atoms with van der Waals surface area (Å²) in [5, 5.41) is 4.69. The van der Waals surface area contributed by atoms with E-state index in [2.05, 4.69) is 10.3 Å². The zero-order valence-corrected chi connectivity index (χ0v) is 11.5. The number of hydrogen-bond acceptors (Lipinski definition) is 5. The topological polar surface area (TPSA) is 111 Å². The van der Waals surface area contributed by atoms with Crippen LogP contribution in [0.15, 0.2) is 5.38 Å². The van der Waals surface area contributed by atoms with Crippen LogP contribution in [0.2, 0.25) is 0 Å². The molecule has 1 aliphatic rings.